The fourth-order valence-electron chi connectivity index (χ4n) is 2.35. The van der Waals surface area contributed by atoms with Crippen molar-refractivity contribution in [3.63, 3.8) is 0 Å². The summed E-state index contributed by atoms with van der Waals surface area (Å²) in [4.78, 5) is 11.7. The van der Waals surface area contributed by atoms with E-state index >= 15 is 0 Å². The normalized spacial score (nSPS) is 22.4. The van der Waals surface area contributed by atoms with Gasteiger partial charge in [-0.2, -0.15) is 0 Å². The van der Waals surface area contributed by atoms with E-state index in [-0.39, 0.29) is 17.9 Å². The summed E-state index contributed by atoms with van der Waals surface area (Å²) in [6.07, 6.45) is 5.59. The molecule has 5 heteroatoms. The molecule has 0 radical (unpaired) electrons. The van der Waals surface area contributed by atoms with Crippen LogP contribution in [0.15, 0.2) is 24.3 Å². The predicted molar refractivity (Wildman–Crippen MR) is 81.9 cm³/mol. The molecule has 108 valence electrons. The van der Waals surface area contributed by atoms with Crippen LogP contribution in [-0.4, -0.2) is 23.7 Å². The van der Waals surface area contributed by atoms with E-state index in [1.807, 2.05) is 0 Å². The van der Waals surface area contributed by atoms with Crippen LogP contribution in [0.1, 0.15) is 24.8 Å². The van der Waals surface area contributed by atoms with Crippen molar-refractivity contribution in [3.8, 4) is 0 Å². The first-order valence-electron chi connectivity index (χ1n) is 6.65. The van der Waals surface area contributed by atoms with Crippen LogP contribution in [0.25, 0.3) is 6.08 Å². The minimum Gasteiger partial charge on any atom is -0.393 e. The second-order valence-electron chi connectivity index (χ2n) is 5.00. The molecule has 0 heterocycles. The number of amides is 1. The average molecular weight is 314 g/mol. The minimum atomic E-state index is -0.290. The van der Waals surface area contributed by atoms with Gasteiger partial charge in [0, 0.05) is 28.6 Å². The van der Waals surface area contributed by atoms with Gasteiger partial charge in [-0.1, -0.05) is 29.6 Å². The van der Waals surface area contributed by atoms with Crippen molar-refractivity contribution in [1.82, 2.24) is 5.32 Å². The van der Waals surface area contributed by atoms with Crippen LogP contribution in [0.5, 0.6) is 0 Å². The lowest BCUT2D eigenvalue weighted by Crippen LogP contribution is -2.31. The number of aliphatic hydroxyl groups excluding tert-OH is 1. The Bertz CT molecular complexity index is 517. The van der Waals surface area contributed by atoms with Crippen molar-refractivity contribution in [2.45, 2.75) is 25.4 Å². The highest BCUT2D eigenvalue weighted by molar-refractivity contribution is 6.34. The molecular weight excluding hydrogens is 297 g/mol. The summed E-state index contributed by atoms with van der Waals surface area (Å²) < 4.78 is 0. The summed E-state index contributed by atoms with van der Waals surface area (Å²) in [5.74, 6) is -0.0257. The Morgan fingerprint density at radius 2 is 2.20 bits per heavy atom. The van der Waals surface area contributed by atoms with Gasteiger partial charge in [0.15, 0.2) is 0 Å². The van der Waals surface area contributed by atoms with Gasteiger partial charge in [0.25, 0.3) is 0 Å². The molecule has 2 rings (SSSR count). The summed E-state index contributed by atoms with van der Waals surface area (Å²) in [5, 5.41) is 13.6. The second-order valence-corrected chi connectivity index (χ2v) is 5.85. The first-order chi connectivity index (χ1) is 9.56. The molecule has 2 unspecified atom stereocenters. The van der Waals surface area contributed by atoms with Gasteiger partial charge >= 0.3 is 0 Å². The average Bonchev–Trinajstić information content (AvgIpc) is 2.83. The fourth-order valence-corrected chi connectivity index (χ4v) is 2.71. The van der Waals surface area contributed by atoms with E-state index in [0.29, 0.717) is 22.2 Å². The number of hydrogen-bond donors (Lipinski definition) is 2. The van der Waals surface area contributed by atoms with E-state index in [1.165, 1.54) is 6.08 Å². The van der Waals surface area contributed by atoms with Gasteiger partial charge in [0.05, 0.1) is 6.10 Å². The van der Waals surface area contributed by atoms with Crippen LogP contribution in [0.4, 0.5) is 0 Å². The lowest BCUT2D eigenvalue weighted by atomic mass is 10.1. The Hall–Kier alpha value is -1.03. The van der Waals surface area contributed by atoms with Crippen LogP contribution < -0.4 is 5.32 Å². The number of aliphatic hydroxyl groups is 1. The highest BCUT2D eigenvalue weighted by Gasteiger charge is 2.24. The lowest BCUT2D eigenvalue weighted by molar-refractivity contribution is -0.116. The first kappa shape index (κ1) is 15.4. The molecule has 1 aliphatic rings. The molecule has 1 amide bonds. The van der Waals surface area contributed by atoms with Crippen molar-refractivity contribution in [2.24, 2.45) is 5.92 Å². The zero-order chi connectivity index (χ0) is 14.5. The van der Waals surface area contributed by atoms with Gasteiger partial charge in [-0.25, -0.2) is 0 Å². The van der Waals surface area contributed by atoms with Crippen LogP contribution in [0.3, 0.4) is 0 Å². The van der Waals surface area contributed by atoms with E-state index in [2.05, 4.69) is 5.32 Å². The standard InChI is InChI=1S/C15H17Cl2NO2/c16-12-5-6-13(17)10(8-12)4-7-15(20)18-9-11-2-1-3-14(11)19/h4-8,11,14,19H,1-3,9H2,(H,18,20). The first-order valence-corrected chi connectivity index (χ1v) is 7.41. The maximum Gasteiger partial charge on any atom is 0.244 e. The van der Waals surface area contributed by atoms with Gasteiger partial charge in [-0.05, 0) is 42.7 Å². The Kier molecular flexibility index (Phi) is 5.46. The van der Waals surface area contributed by atoms with Crippen LogP contribution in [0, 0.1) is 5.92 Å². The van der Waals surface area contributed by atoms with E-state index in [4.69, 9.17) is 23.2 Å². The Labute approximate surface area is 128 Å². The van der Waals surface area contributed by atoms with E-state index < -0.39 is 0 Å². The molecule has 0 aromatic heterocycles. The molecule has 2 N–H and O–H groups in total. The van der Waals surface area contributed by atoms with Crippen LogP contribution in [0.2, 0.25) is 10.0 Å². The molecule has 1 aromatic carbocycles. The lowest BCUT2D eigenvalue weighted by Gasteiger charge is -2.14. The summed E-state index contributed by atoms with van der Waals surface area (Å²) in [6, 6.07) is 5.09. The molecular formula is C15H17Cl2NO2. The largest absolute Gasteiger partial charge is 0.393 e. The SMILES string of the molecule is O=C(C=Cc1cc(Cl)ccc1Cl)NCC1CCCC1O. The van der Waals surface area contributed by atoms with Crippen molar-refractivity contribution >= 4 is 35.2 Å². The number of carbonyl (C=O) groups is 1. The molecule has 0 bridgehead atoms. The molecule has 0 spiro atoms. The molecule has 3 nitrogen and oxygen atoms in total. The van der Waals surface area contributed by atoms with E-state index in [1.54, 1.807) is 24.3 Å². The minimum absolute atomic E-state index is 0.169. The number of carbonyl (C=O) groups excluding carboxylic acids is 1. The van der Waals surface area contributed by atoms with Crippen molar-refractivity contribution in [1.29, 1.82) is 0 Å². The second kappa shape index (κ2) is 7.11. The van der Waals surface area contributed by atoms with Crippen molar-refractivity contribution in [2.75, 3.05) is 6.54 Å². The quantitative estimate of drug-likeness (QED) is 0.838. The Morgan fingerprint density at radius 1 is 1.40 bits per heavy atom. The monoisotopic (exact) mass is 313 g/mol. The summed E-state index contributed by atoms with van der Waals surface area (Å²) in [7, 11) is 0. The van der Waals surface area contributed by atoms with Gasteiger partial charge in [0.1, 0.15) is 0 Å². The molecule has 1 fully saturated rings. The van der Waals surface area contributed by atoms with Crippen LogP contribution >= 0.6 is 23.2 Å². The van der Waals surface area contributed by atoms with Gasteiger partial charge in [0.2, 0.25) is 5.91 Å². The topological polar surface area (TPSA) is 49.3 Å². The predicted octanol–water partition coefficient (Wildman–Crippen LogP) is 3.28. The molecule has 0 saturated heterocycles. The number of hydrogen-bond acceptors (Lipinski definition) is 2. The Balaban J connectivity index is 1.87. The zero-order valence-electron chi connectivity index (χ0n) is 11.0. The Morgan fingerprint density at radius 3 is 2.90 bits per heavy atom. The number of nitrogens with one attached hydrogen (secondary N) is 1. The highest BCUT2D eigenvalue weighted by atomic mass is 35.5. The maximum absolute atomic E-state index is 11.7. The molecule has 20 heavy (non-hydrogen) atoms. The third kappa shape index (κ3) is 4.23. The fraction of sp³-hybridized carbons (Fsp3) is 0.400. The summed E-state index contributed by atoms with van der Waals surface area (Å²) in [6.45, 7) is 0.508. The highest BCUT2D eigenvalue weighted by Crippen LogP contribution is 2.24. The number of halogens is 2. The summed E-state index contributed by atoms with van der Waals surface area (Å²) in [5.41, 5.74) is 0.704. The smallest absolute Gasteiger partial charge is 0.244 e. The van der Waals surface area contributed by atoms with E-state index in [9.17, 15) is 9.90 Å². The third-order valence-corrected chi connectivity index (χ3v) is 4.11. The maximum atomic E-state index is 11.7. The molecule has 2 atom stereocenters. The van der Waals surface area contributed by atoms with Gasteiger partial charge in [-0.3, -0.25) is 4.79 Å². The number of rotatable bonds is 4. The zero-order valence-corrected chi connectivity index (χ0v) is 12.5. The molecule has 1 aromatic rings. The van der Waals surface area contributed by atoms with Gasteiger partial charge in [-0.15, -0.1) is 0 Å². The van der Waals surface area contributed by atoms with Crippen LogP contribution in [-0.2, 0) is 4.79 Å². The van der Waals surface area contributed by atoms with Crippen molar-refractivity contribution < 1.29 is 9.90 Å². The van der Waals surface area contributed by atoms with Crippen molar-refractivity contribution in [3.05, 3.63) is 39.9 Å². The molecule has 0 aliphatic heterocycles. The molecule has 1 aliphatic carbocycles. The number of benzene rings is 1. The van der Waals surface area contributed by atoms with E-state index in [0.717, 1.165) is 19.3 Å². The molecule has 1 saturated carbocycles. The summed E-state index contributed by atoms with van der Waals surface area (Å²) >= 11 is 11.9. The third-order valence-electron chi connectivity index (χ3n) is 3.53. The van der Waals surface area contributed by atoms with Gasteiger partial charge < -0.3 is 10.4 Å².